The van der Waals surface area contributed by atoms with Crippen LogP contribution >= 0.6 is 12.4 Å². The molecule has 0 spiro atoms. The van der Waals surface area contributed by atoms with Crippen LogP contribution in [0.5, 0.6) is 0 Å². The van der Waals surface area contributed by atoms with Gasteiger partial charge in [-0.1, -0.05) is 26.2 Å². The summed E-state index contributed by atoms with van der Waals surface area (Å²) in [7, 11) is 0. The minimum atomic E-state index is -0.236. The maximum Gasteiger partial charge on any atom is 0.251 e. The molecule has 0 aromatic heterocycles. The fourth-order valence-corrected chi connectivity index (χ4v) is 3.47. The van der Waals surface area contributed by atoms with Crippen LogP contribution < -0.4 is 16.4 Å². The van der Waals surface area contributed by atoms with Crippen LogP contribution in [0.2, 0.25) is 0 Å². The van der Waals surface area contributed by atoms with Crippen molar-refractivity contribution in [2.75, 3.05) is 11.9 Å². The zero-order valence-corrected chi connectivity index (χ0v) is 17.6. The second kappa shape index (κ2) is 10.1. The van der Waals surface area contributed by atoms with E-state index in [0.29, 0.717) is 24.2 Å². The van der Waals surface area contributed by atoms with Crippen LogP contribution in [0.25, 0.3) is 0 Å². The zero-order valence-electron chi connectivity index (χ0n) is 16.8. The highest BCUT2D eigenvalue weighted by Crippen LogP contribution is 2.38. The highest BCUT2D eigenvalue weighted by atomic mass is 35.5. The molecular formula is C21H34ClN3O2. The maximum atomic E-state index is 12.4. The van der Waals surface area contributed by atoms with E-state index in [-0.39, 0.29) is 35.2 Å². The Morgan fingerprint density at radius 1 is 1.11 bits per heavy atom. The molecule has 2 rings (SSSR count). The van der Waals surface area contributed by atoms with Crippen molar-refractivity contribution >= 4 is 29.9 Å². The van der Waals surface area contributed by atoms with E-state index < -0.39 is 0 Å². The average Bonchev–Trinajstić information content (AvgIpc) is 2.62. The van der Waals surface area contributed by atoms with E-state index in [2.05, 4.69) is 10.6 Å². The van der Waals surface area contributed by atoms with Crippen molar-refractivity contribution in [2.45, 2.75) is 71.3 Å². The van der Waals surface area contributed by atoms with Crippen LogP contribution in [0.4, 0.5) is 5.69 Å². The number of carbonyl (C=O) groups excluding carboxylic acids is 2. The van der Waals surface area contributed by atoms with Gasteiger partial charge >= 0.3 is 0 Å². The van der Waals surface area contributed by atoms with Gasteiger partial charge in [0.05, 0.1) is 0 Å². The number of hydrogen-bond acceptors (Lipinski definition) is 3. The lowest BCUT2D eigenvalue weighted by Gasteiger charge is -2.35. The summed E-state index contributed by atoms with van der Waals surface area (Å²) in [5, 5.41) is 5.96. The van der Waals surface area contributed by atoms with Crippen LogP contribution in [0.1, 0.15) is 76.1 Å². The Morgan fingerprint density at radius 3 is 2.22 bits per heavy atom. The third kappa shape index (κ3) is 6.82. The Kier molecular flexibility index (Phi) is 8.76. The summed E-state index contributed by atoms with van der Waals surface area (Å²) in [4.78, 5) is 24.7. The molecule has 27 heavy (non-hydrogen) atoms. The van der Waals surface area contributed by atoms with Gasteiger partial charge in [-0.05, 0) is 69.3 Å². The lowest BCUT2D eigenvalue weighted by molar-refractivity contribution is -0.118. The second-order valence-electron chi connectivity index (χ2n) is 8.26. The van der Waals surface area contributed by atoms with Gasteiger partial charge in [0.2, 0.25) is 5.91 Å². The van der Waals surface area contributed by atoms with E-state index in [0.717, 1.165) is 32.1 Å². The Bertz CT molecular complexity index is 623. The summed E-state index contributed by atoms with van der Waals surface area (Å²) in [6.45, 7) is 6.60. The Labute approximate surface area is 169 Å². The Hall–Kier alpha value is -1.59. The first-order valence-electron chi connectivity index (χ1n) is 9.72. The summed E-state index contributed by atoms with van der Waals surface area (Å²) in [6, 6.07) is 7.05. The van der Waals surface area contributed by atoms with Crippen LogP contribution in [-0.4, -0.2) is 23.9 Å². The van der Waals surface area contributed by atoms with Gasteiger partial charge in [-0.2, -0.15) is 0 Å². The largest absolute Gasteiger partial charge is 0.347 e. The van der Waals surface area contributed by atoms with Crippen molar-refractivity contribution < 1.29 is 9.59 Å². The van der Waals surface area contributed by atoms with E-state index in [1.165, 1.54) is 6.42 Å². The highest BCUT2D eigenvalue weighted by molar-refractivity contribution is 5.96. The van der Waals surface area contributed by atoms with Gasteiger partial charge in [-0.15, -0.1) is 12.4 Å². The summed E-state index contributed by atoms with van der Waals surface area (Å²) in [5.74, 6) is -0.0966. The van der Waals surface area contributed by atoms with Gasteiger partial charge in [0, 0.05) is 23.2 Å². The minimum Gasteiger partial charge on any atom is -0.347 e. The van der Waals surface area contributed by atoms with Crippen molar-refractivity contribution in [3.63, 3.8) is 0 Å². The fraction of sp³-hybridized carbons (Fsp3) is 0.619. The van der Waals surface area contributed by atoms with E-state index in [4.69, 9.17) is 5.73 Å². The molecule has 0 unspecified atom stereocenters. The van der Waals surface area contributed by atoms with E-state index in [1.807, 2.05) is 20.8 Å². The zero-order chi connectivity index (χ0) is 19.2. The van der Waals surface area contributed by atoms with E-state index in [9.17, 15) is 9.59 Å². The van der Waals surface area contributed by atoms with Gasteiger partial charge < -0.3 is 16.4 Å². The number of carbonyl (C=O) groups is 2. The number of anilines is 1. The van der Waals surface area contributed by atoms with Crippen molar-refractivity contribution in [1.29, 1.82) is 0 Å². The minimum absolute atomic E-state index is 0. The van der Waals surface area contributed by atoms with E-state index >= 15 is 0 Å². The molecule has 0 bridgehead atoms. The lowest BCUT2D eigenvalue weighted by atomic mass is 9.71. The molecular weight excluding hydrogens is 362 g/mol. The molecule has 1 fully saturated rings. The molecule has 1 aromatic carbocycles. The SMILES string of the molecule is CCC(C)(C)NC(=O)c1ccc(NC(=O)CC2(CN)CCCCC2)cc1.Cl. The van der Waals surface area contributed by atoms with Gasteiger partial charge in [-0.25, -0.2) is 0 Å². The Morgan fingerprint density at radius 2 is 1.70 bits per heavy atom. The highest BCUT2D eigenvalue weighted by Gasteiger charge is 2.33. The third-order valence-electron chi connectivity index (χ3n) is 5.65. The second-order valence-corrected chi connectivity index (χ2v) is 8.26. The number of rotatable bonds is 7. The lowest BCUT2D eigenvalue weighted by Crippen LogP contribution is -2.42. The van der Waals surface area contributed by atoms with Crippen molar-refractivity contribution in [3.8, 4) is 0 Å². The van der Waals surface area contributed by atoms with E-state index in [1.54, 1.807) is 24.3 Å². The summed E-state index contributed by atoms with van der Waals surface area (Å²) < 4.78 is 0. The van der Waals surface area contributed by atoms with Crippen molar-refractivity contribution in [3.05, 3.63) is 29.8 Å². The van der Waals surface area contributed by atoms with Crippen molar-refractivity contribution in [2.24, 2.45) is 11.1 Å². The molecule has 0 aliphatic heterocycles. The third-order valence-corrected chi connectivity index (χ3v) is 5.65. The number of benzene rings is 1. The van der Waals surface area contributed by atoms with Gasteiger partial charge in [0.25, 0.3) is 5.91 Å². The first kappa shape index (κ1) is 23.4. The molecule has 4 N–H and O–H groups in total. The standard InChI is InChI=1S/C21H33N3O2.ClH/c1-4-20(2,3)24-19(26)16-8-10-17(11-9-16)23-18(25)14-21(15-22)12-6-5-7-13-21;/h8-11H,4-7,12-15,22H2,1-3H3,(H,23,25)(H,24,26);1H. The topological polar surface area (TPSA) is 84.2 Å². The van der Waals surface area contributed by atoms with Gasteiger partial charge in [-0.3, -0.25) is 9.59 Å². The van der Waals surface area contributed by atoms with Gasteiger partial charge in [0.1, 0.15) is 0 Å². The normalized spacial score (nSPS) is 16.1. The molecule has 0 saturated heterocycles. The number of nitrogens with two attached hydrogens (primary N) is 1. The van der Waals surface area contributed by atoms with Crippen LogP contribution in [0.3, 0.4) is 0 Å². The molecule has 6 heteroatoms. The quantitative estimate of drug-likeness (QED) is 0.644. The summed E-state index contributed by atoms with van der Waals surface area (Å²) in [5.41, 5.74) is 6.99. The smallest absolute Gasteiger partial charge is 0.251 e. The average molecular weight is 396 g/mol. The molecule has 5 nitrogen and oxygen atoms in total. The molecule has 0 radical (unpaired) electrons. The van der Waals surface area contributed by atoms with Crippen LogP contribution in [-0.2, 0) is 4.79 Å². The summed E-state index contributed by atoms with van der Waals surface area (Å²) >= 11 is 0. The maximum absolute atomic E-state index is 12.4. The molecule has 0 heterocycles. The predicted molar refractivity (Wildman–Crippen MR) is 113 cm³/mol. The molecule has 1 saturated carbocycles. The monoisotopic (exact) mass is 395 g/mol. The van der Waals surface area contributed by atoms with Crippen LogP contribution in [0, 0.1) is 5.41 Å². The number of halogens is 1. The Balaban J connectivity index is 0.00000364. The number of nitrogens with one attached hydrogen (secondary N) is 2. The van der Waals surface area contributed by atoms with Crippen molar-refractivity contribution in [1.82, 2.24) is 5.32 Å². The molecule has 1 aliphatic carbocycles. The first-order chi connectivity index (χ1) is 12.3. The summed E-state index contributed by atoms with van der Waals surface area (Å²) in [6.07, 6.45) is 6.94. The van der Waals surface area contributed by atoms with Crippen LogP contribution in [0.15, 0.2) is 24.3 Å². The predicted octanol–water partition coefficient (Wildman–Crippen LogP) is 4.26. The molecule has 152 valence electrons. The number of hydrogen-bond donors (Lipinski definition) is 3. The molecule has 1 aliphatic rings. The fourth-order valence-electron chi connectivity index (χ4n) is 3.47. The molecule has 2 amide bonds. The van der Waals surface area contributed by atoms with Gasteiger partial charge in [0.15, 0.2) is 0 Å². The molecule has 0 atom stereocenters. The number of amides is 2. The molecule has 1 aromatic rings. The first-order valence-corrected chi connectivity index (χ1v) is 9.72.